The van der Waals surface area contributed by atoms with Crippen LogP contribution in [0.4, 0.5) is 0 Å². The highest BCUT2D eigenvalue weighted by molar-refractivity contribution is 7.89. The van der Waals surface area contributed by atoms with Crippen LogP contribution in [0, 0.1) is 0 Å². The maximum atomic E-state index is 12.1. The monoisotopic (exact) mass is 313 g/mol. The largest absolute Gasteiger partial charge is 0.324 e. The third-order valence-corrected chi connectivity index (χ3v) is 5.03. The van der Waals surface area contributed by atoms with Gasteiger partial charge in [-0.05, 0) is 50.7 Å². The van der Waals surface area contributed by atoms with Crippen molar-refractivity contribution in [3.63, 3.8) is 0 Å². The number of nitrogens with two attached hydrogens (primary N) is 1. The minimum absolute atomic E-state index is 0.0937. The molecule has 1 atom stereocenters. The van der Waals surface area contributed by atoms with Crippen LogP contribution in [0.25, 0.3) is 0 Å². The number of rotatable bonds is 9. The molecule has 21 heavy (non-hydrogen) atoms. The summed E-state index contributed by atoms with van der Waals surface area (Å²) < 4.78 is 26.9. The molecule has 0 spiro atoms. The number of nitrogens with one attached hydrogen (secondary N) is 1. The van der Waals surface area contributed by atoms with E-state index < -0.39 is 10.0 Å². The molecule has 0 saturated carbocycles. The normalized spacial score (nSPS) is 13.6. The van der Waals surface area contributed by atoms with Gasteiger partial charge in [0.1, 0.15) is 0 Å². The molecule has 1 aromatic rings. The number of hydrogen-bond donors (Lipinski definition) is 2. The molecule has 0 aromatic heterocycles. The van der Waals surface area contributed by atoms with Gasteiger partial charge in [0.2, 0.25) is 10.0 Å². The number of benzene rings is 1. The molecule has 1 rings (SSSR count). The quantitative estimate of drug-likeness (QED) is 0.681. The molecular formula is C15H27N3O2S. The van der Waals surface area contributed by atoms with Crippen molar-refractivity contribution in [1.29, 1.82) is 0 Å². The Morgan fingerprint density at radius 1 is 1.19 bits per heavy atom. The summed E-state index contributed by atoms with van der Waals surface area (Å²) in [5.74, 6) is 0. The second-order valence-corrected chi connectivity index (χ2v) is 6.90. The van der Waals surface area contributed by atoms with E-state index in [-0.39, 0.29) is 10.9 Å². The standard InChI is InChI=1S/C15H27N3O2S/c1-4-18(5-2)12-6-11-17-21(19,20)15-9-7-14(8-10-15)13(3)16/h7-10,13,17H,4-6,11-12,16H2,1-3H3. The Balaban J connectivity index is 2.53. The topological polar surface area (TPSA) is 75.4 Å². The van der Waals surface area contributed by atoms with Gasteiger partial charge in [0.05, 0.1) is 4.90 Å². The van der Waals surface area contributed by atoms with Crippen molar-refractivity contribution >= 4 is 10.0 Å². The van der Waals surface area contributed by atoms with E-state index in [9.17, 15) is 8.42 Å². The van der Waals surface area contributed by atoms with Crippen LogP contribution in [-0.4, -0.2) is 39.5 Å². The molecule has 0 heterocycles. The van der Waals surface area contributed by atoms with Gasteiger partial charge in [0.25, 0.3) is 0 Å². The Morgan fingerprint density at radius 2 is 1.76 bits per heavy atom. The van der Waals surface area contributed by atoms with Crippen LogP contribution in [0.15, 0.2) is 29.2 Å². The van der Waals surface area contributed by atoms with Gasteiger partial charge < -0.3 is 10.6 Å². The van der Waals surface area contributed by atoms with Gasteiger partial charge in [-0.1, -0.05) is 26.0 Å². The first-order valence-corrected chi connectivity index (χ1v) is 8.96. The van der Waals surface area contributed by atoms with Gasteiger partial charge in [-0.25, -0.2) is 13.1 Å². The SMILES string of the molecule is CCN(CC)CCCNS(=O)(=O)c1ccc(C(C)N)cc1. The predicted octanol–water partition coefficient (Wildman–Crippen LogP) is 1.72. The van der Waals surface area contributed by atoms with Gasteiger partial charge in [0, 0.05) is 12.6 Å². The number of hydrogen-bond acceptors (Lipinski definition) is 4. The average molecular weight is 313 g/mol. The number of sulfonamides is 1. The van der Waals surface area contributed by atoms with Gasteiger partial charge in [-0.2, -0.15) is 0 Å². The smallest absolute Gasteiger partial charge is 0.240 e. The first-order chi connectivity index (χ1) is 9.90. The minimum atomic E-state index is -3.42. The van der Waals surface area contributed by atoms with Crippen molar-refractivity contribution in [2.45, 2.75) is 38.1 Å². The fraction of sp³-hybridized carbons (Fsp3) is 0.600. The summed E-state index contributed by atoms with van der Waals surface area (Å²) in [5, 5.41) is 0. The predicted molar refractivity (Wildman–Crippen MR) is 86.6 cm³/mol. The van der Waals surface area contributed by atoms with E-state index in [1.807, 2.05) is 6.92 Å². The molecule has 3 N–H and O–H groups in total. The number of nitrogens with zero attached hydrogens (tertiary/aromatic N) is 1. The third-order valence-electron chi connectivity index (χ3n) is 3.55. The van der Waals surface area contributed by atoms with Crippen LogP contribution in [0.3, 0.4) is 0 Å². The highest BCUT2D eigenvalue weighted by atomic mass is 32.2. The van der Waals surface area contributed by atoms with Crippen molar-refractivity contribution in [1.82, 2.24) is 9.62 Å². The highest BCUT2D eigenvalue weighted by Crippen LogP contribution is 2.14. The van der Waals surface area contributed by atoms with Crippen molar-refractivity contribution in [3.8, 4) is 0 Å². The van der Waals surface area contributed by atoms with Crippen LogP contribution in [0.1, 0.15) is 38.8 Å². The van der Waals surface area contributed by atoms with E-state index in [0.717, 1.165) is 31.6 Å². The van der Waals surface area contributed by atoms with Crippen LogP contribution >= 0.6 is 0 Å². The van der Waals surface area contributed by atoms with E-state index in [1.165, 1.54) is 0 Å². The summed E-state index contributed by atoms with van der Waals surface area (Å²) in [7, 11) is -3.42. The molecule has 1 aromatic carbocycles. The lowest BCUT2D eigenvalue weighted by atomic mass is 10.1. The zero-order chi connectivity index (χ0) is 15.9. The summed E-state index contributed by atoms with van der Waals surface area (Å²) in [4.78, 5) is 2.56. The van der Waals surface area contributed by atoms with Gasteiger partial charge >= 0.3 is 0 Å². The molecule has 0 aliphatic rings. The zero-order valence-electron chi connectivity index (χ0n) is 13.2. The van der Waals surface area contributed by atoms with Crippen LogP contribution in [0.5, 0.6) is 0 Å². The summed E-state index contributed by atoms with van der Waals surface area (Å²) in [6.07, 6.45) is 0.804. The summed E-state index contributed by atoms with van der Waals surface area (Å²) in [6.45, 7) is 9.41. The Bertz CT molecular complexity index is 508. The van der Waals surface area contributed by atoms with E-state index in [0.29, 0.717) is 6.54 Å². The van der Waals surface area contributed by atoms with E-state index in [1.54, 1.807) is 24.3 Å². The average Bonchev–Trinajstić information content (AvgIpc) is 2.47. The van der Waals surface area contributed by atoms with E-state index in [2.05, 4.69) is 23.5 Å². The minimum Gasteiger partial charge on any atom is -0.324 e. The lowest BCUT2D eigenvalue weighted by Crippen LogP contribution is -2.30. The summed E-state index contributed by atoms with van der Waals surface area (Å²) in [5.41, 5.74) is 6.68. The molecule has 0 aliphatic carbocycles. The molecule has 6 heteroatoms. The van der Waals surface area contributed by atoms with Crippen molar-refractivity contribution < 1.29 is 8.42 Å². The molecule has 120 valence electrons. The first kappa shape index (κ1) is 18.1. The second-order valence-electron chi connectivity index (χ2n) is 5.14. The van der Waals surface area contributed by atoms with Crippen molar-refractivity contribution in [2.75, 3.05) is 26.2 Å². The van der Waals surface area contributed by atoms with Crippen LogP contribution < -0.4 is 10.5 Å². The summed E-state index contributed by atoms with van der Waals surface area (Å²) >= 11 is 0. The van der Waals surface area contributed by atoms with E-state index >= 15 is 0 Å². The lowest BCUT2D eigenvalue weighted by molar-refractivity contribution is 0.300. The Labute approximate surface area is 128 Å². The van der Waals surface area contributed by atoms with Crippen molar-refractivity contribution in [2.24, 2.45) is 5.73 Å². The van der Waals surface area contributed by atoms with Crippen LogP contribution in [-0.2, 0) is 10.0 Å². The molecule has 0 amide bonds. The van der Waals surface area contributed by atoms with Crippen molar-refractivity contribution in [3.05, 3.63) is 29.8 Å². The fourth-order valence-corrected chi connectivity index (χ4v) is 3.16. The zero-order valence-corrected chi connectivity index (χ0v) is 14.0. The molecule has 0 aliphatic heterocycles. The maximum absolute atomic E-state index is 12.1. The van der Waals surface area contributed by atoms with Gasteiger partial charge in [-0.3, -0.25) is 0 Å². The molecule has 0 fully saturated rings. The van der Waals surface area contributed by atoms with Gasteiger partial charge in [0.15, 0.2) is 0 Å². The Kier molecular flexibility index (Phi) is 7.31. The molecule has 5 nitrogen and oxygen atoms in total. The van der Waals surface area contributed by atoms with E-state index in [4.69, 9.17) is 5.73 Å². The molecular weight excluding hydrogens is 286 g/mol. The summed E-state index contributed by atoms with van der Waals surface area (Å²) in [6, 6.07) is 6.63. The lowest BCUT2D eigenvalue weighted by Gasteiger charge is -2.17. The maximum Gasteiger partial charge on any atom is 0.240 e. The molecule has 1 unspecified atom stereocenters. The Morgan fingerprint density at radius 3 is 2.24 bits per heavy atom. The highest BCUT2D eigenvalue weighted by Gasteiger charge is 2.13. The molecule has 0 saturated heterocycles. The molecule has 0 radical (unpaired) electrons. The van der Waals surface area contributed by atoms with Gasteiger partial charge in [-0.15, -0.1) is 0 Å². The van der Waals surface area contributed by atoms with Crippen LogP contribution in [0.2, 0.25) is 0 Å². The fourth-order valence-electron chi connectivity index (χ4n) is 2.08. The molecule has 0 bridgehead atoms. The Hall–Kier alpha value is -0.950. The third kappa shape index (κ3) is 5.74. The second kappa shape index (κ2) is 8.48. The first-order valence-electron chi connectivity index (χ1n) is 7.48.